The third kappa shape index (κ3) is 4.30. The van der Waals surface area contributed by atoms with Gasteiger partial charge in [-0.2, -0.15) is 0 Å². The second-order valence-corrected chi connectivity index (χ2v) is 7.41. The zero-order valence-corrected chi connectivity index (χ0v) is 15.3. The smallest absolute Gasteiger partial charge is 0.244 e. The highest BCUT2D eigenvalue weighted by Crippen LogP contribution is 2.39. The van der Waals surface area contributed by atoms with Crippen molar-refractivity contribution in [2.75, 3.05) is 0 Å². The highest BCUT2D eigenvalue weighted by atomic mass is 16.5. The van der Waals surface area contributed by atoms with E-state index in [4.69, 9.17) is 4.74 Å². The van der Waals surface area contributed by atoms with Gasteiger partial charge in [-0.15, -0.1) is 0 Å². The maximum atomic E-state index is 12.4. The Bertz CT molecular complexity index is 803. The number of amides is 1. The Labute approximate surface area is 149 Å². The first-order valence-electron chi connectivity index (χ1n) is 8.67. The van der Waals surface area contributed by atoms with E-state index in [2.05, 4.69) is 31.3 Å². The molecule has 0 aliphatic carbocycles. The number of hydrogen-bond donors (Lipinski definition) is 1. The predicted molar refractivity (Wildman–Crippen MR) is 102 cm³/mol. The van der Waals surface area contributed by atoms with E-state index in [1.54, 1.807) is 6.08 Å². The van der Waals surface area contributed by atoms with Gasteiger partial charge in [0.2, 0.25) is 5.91 Å². The Morgan fingerprint density at radius 1 is 1.12 bits per heavy atom. The lowest BCUT2D eigenvalue weighted by atomic mass is 9.89. The fourth-order valence-corrected chi connectivity index (χ4v) is 3.16. The fraction of sp³-hybridized carbons (Fsp3) is 0.318. The molecule has 3 rings (SSSR count). The fourth-order valence-electron chi connectivity index (χ4n) is 3.16. The van der Waals surface area contributed by atoms with Gasteiger partial charge in [-0.3, -0.25) is 4.79 Å². The highest BCUT2D eigenvalue weighted by molar-refractivity contribution is 5.92. The van der Waals surface area contributed by atoms with Crippen LogP contribution in [0.25, 0.3) is 6.08 Å². The molecule has 0 bridgehead atoms. The van der Waals surface area contributed by atoms with Gasteiger partial charge < -0.3 is 10.1 Å². The van der Waals surface area contributed by atoms with Crippen molar-refractivity contribution in [3.8, 4) is 5.75 Å². The first kappa shape index (κ1) is 17.3. The minimum Gasteiger partial charge on any atom is -0.487 e. The second-order valence-electron chi connectivity index (χ2n) is 7.41. The number of ether oxygens (including phenoxy) is 1. The van der Waals surface area contributed by atoms with Crippen LogP contribution in [0.1, 0.15) is 48.6 Å². The number of aryl methyl sites for hydroxylation is 2. The molecule has 1 heterocycles. The summed E-state index contributed by atoms with van der Waals surface area (Å²) in [6.45, 7) is 8.20. The molecule has 130 valence electrons. The van der Waals surface area contributed by atoms with Crippen LogP contribution in [0.4, 0.5) is 0 Å². The molecule has 0 radical (unpaired) electrons. The van der Waals surface area contributed by atoms with Crippen LogP contribution >= 0.6 is 0 Å². The highest BCUT2D eigenvalue weighted by Gasteiger charge is 2.34. The van der Waals surface area contributed by atoms with E-state index in [1.165, 1.54) is 5.56 Å². The summed E-state index contributed by atoms with van der Waals surface area (Å²) >= 11 is 0. The average Bonchev–Trinajstić information content (AvgIpc) is 2.52. The molecule has 1 aliphatic heterocycles. The Morgan fingerprint density at radius 3 is 2.52 bits per heavy atom. The summed E-state index contributed by atoms with van der Waals surface area (Å²) < 4.78 is 6.08. The molecular weight excluding hydrogens is 310 g/mol. The number of carbonyl (C=O) groups is 1. The normalized spacial score (nSPS) is 18.5. The summed E-state index contributed by atoms with van der Waals surface area (Å²) in [6.07, 6.45) is 4.18. The molecule has 2 aromatic rings. The number of benzene rings is 2. The van der Waals surface area contributed by atoms with Crippen LogP contribution < -0.4 is 10.1 Å². The van der Waals surface area contributed by atoms with Crippen LogP contribution in [0.2, 0.25) is 0 Å². The zero-order chi connectivity index (χ0) is 18.0. The third-order valence-electron chi connectivity index (χ3n) is 4.45. The second kappa shape index (κ2) is 6.75. The molecule has 25 heavy (non-hydrogen) atoms. The van der Waals surface area contributed by atoms with Gasteiger partial charge in [0.15, 0.2) is 0 Å². The van der Waals surface area contributed by atoms with E-state index in [9.17, 15) is 4.79 Å². The van der Waals surface area contributed by atoms with Gasteiger partial charge in [-0.1, -0.05) is 42.0 Å². The van der Waals surface area contributed by atoms with Gasteiger partial charge in [0.05, 0.1) is 6.04 Å². The summed E-state index contributed by atoms with van der Waals surface area (Å²) in [7, 11) is 0. The van der Waals surface area contributed by atoms with Crippen LogP contribution in [0.3, 0.4) is 0 Å². The number of nitrogens with one attached hydrogen (secondary N) is 1. The molecule has 0 fully saturated rings. The standard InChI is InChI=1S/C22H25NO2/c1-15-5-8-17(9-6-15)10-12-21(24)23-19-14-22(3,4)25-20-13-16(2)7-11-18(19)20/h5-13,19H,14H2,1-4H3,(H,23,24)/b12-10+/t19-/m1/s1. The van der Waals surface area contributed by atoms with Crippen LogP contribution in [0.15, 0.2) is 48.5 Å². The Balaban J connectivity index is 1.75. The van der Waals surface area contributed by atoms with Crippen molar-refractivity contribution < 1.29 is 9.53 Å². The first-order chi connectivity index (χ1) is 11.8. The zero-order valence-electron chi connectivity index (χ0n) is 15.3. The Morgan fingerprint density at radius 2 is 1.80 bits per heavy atom. The van der Waals surface area contributed by atoms with Crippen LogP contribution in [0, 0.1) is 13.8 Å². The molecule has 1 atom stereocenters. The lowest BCUT2D eigenvalue weighted by Gasteiger charge is -2.38. The van der Waals surface area contributed by atoms with Gasteiger partial charge in [-0.05, 0) is 51.0 Å². The molecule has 0 aromatic heterocycles. The molecule has 1 aliphatic rings. The van der Waals surface area contributed by atoms with Crippen molar-refractivity contribution in [3.05, 3.63) is 70.8 Å². The van der Waals surface area contributed by atoms with Gasteiger partial charge in [-0.25, -0.2) is 0 Å². The first-order valence-corrected chi connectivity index (χ1v) is 8.67. The maximum Gasteiger partial charge on any atom is 0.244 e. The molecule has 3 heteroatoms. The van der Waals surface area contributed by atoms with Crippen LogP contribution in [-0.4, -0.2) is 11.5 Å². The maximum absolute atomic E-state index is 12.4. The van der Waals surface area contributed by atoms with E-state index in [0.717, 1.165) is 28.9 Å². The number of carbonyl (C=O) groups excluding carboxylic acids is 1. The van der Waals surface area contributed by atoms with Crippen molar-refractivity contribution >= 4 is 12.0 Å². The number of fused-ring (bicyclic) bond motifs is 1. The minimum atomic E-state index is -0.306. The molecular formula is C22H25NO2. The molecule has 3 nitrogen and oxygen atoms in total. The summed E-state index contributed by atoms with van der Waals surface area (Å²) in [4.78, 5) is 12.4. The Hall–Kier alpha value is -2.55. The van der Waals surface area contributed by atoms with Crippen molar-refractivity contribution in [1.82, 2.24) is 5.32 Å². The number of rotatable bonds is 3. The lowest BCUT2D eigenvalue weighted by molar-refractivity contribution is -0.117. The van der Waals surface area contributed by atoms with E-state index in [1.807, 2.05) is 50.3 Å². The minimum absolute atomic E-state index is 0.0467. The molecule has 0 spiro atoms. The summed E-state index contributed by atoms with van der Waals surface area (Å²) in [5.41, 5.74) is 4.11. The SMILES string of the molecule is Cc1ccc(/C=C/C(=O)N[C@@H]2CC(C)(C)Oc3cc(C)ccc32)cc1. The molecule has 0 saturated carbocycles. The monoisotopic (exact) mass is 335 g/mol. The third-order valence-corrected chi connectivity index (χ3v) is 4.45. The summed E-state index contributed by atoms with van der Waals surface area (Å²) in [5.74, 6) is 0.777. The average molecular weight is 335 g/mol. The molecule has 0 saturated heterocycles. The Kier molecular flexibility index (Phi) is 4.67. The summed E-state index contributed by atoms with van der Waals surface area (Å²) in [5, 5.41) is 3.13. The van der Waals surface area contributed by atoms with E-state index < -0.39 is 0 Å². The molecule has 1 N–H and O–H groups in total. The lowest BCUT2D eigenvalue weighted by Crippen LogP contribution is -2.40. The van der Waals surface area contributed by atoms with Gasteiger partial charge >= 0.3 is 0 Å². The summed E-state index contributed by atoms with van der Waals surface area (Å²) in [6, 6.07) is 14.2. The van der Waals surface area contributed by atoms with Gasteiger partial charge in [0.1, 0.15) is 11.4 Å². The molecule has 1 amide bonds. The van der Waals surface area contributed by atoms with Crippen LogP contribution in [-0.2, 0) is 4.79 Å². The van der Waals surface area contributed by atoms with Crippen molar-refractivity contribution in [2.24, 2.45) is 0 Å². The van der Waals surface area contributed by atoms with E-state index in [0.29, 0.717) is 0 Å². The quantitative estimate of drug-likeness (QED) is 0.823. The number of hydrogen-bond acceptors (Lipinski definition) is 2. The van der Waals surface area contributed by atoms with Crippen LogP contribution in [0.5, 0.6) is 5.75 Å². The largest absolute Gasteiger partial charge is 0.487 e. The van der Waals surface area contributed by atoms with Crippen molar-refractivity contribution in [1.29, 1.82) is 0 Å². The van der Waals surface area contributed by atoms with Gasteiger partial charge in [0, 0.05) is 18.1 Å². The molecule has 2 aromatic carbocycles. The van der Waals surface area contributed by atoms with Crippen molar-refractivity contribution in [2.45, 2.75) is 45.8 Å². The van der Waals surface area contributed by atoms with Crippen molar-refractivity contribution in [3.63, 3.8) is 0 Å². The van der Waals surface area contributed by atoms with Gasteiger partial charge in [0.25, 0.3) is 0 Å². The topological polar surface area (TPSA) is 38.3 Å². The van der Waals surface area contributed by atoms with E-state index in [-0.39, 0.29) is 17.6 Å². The van der Waals surface area contributed by atoms with E-state index >= 15 is 0 Å². The molecule has 0 unspecified atom stereocenters. The predicted octanol–water partition coefficient (Wildman–Crippen LogP) is 4.74.